The first-order valence-corrected chi connectivity index (χ1v) is 14.9. The Morgan fingerprint density at radius 2 is 1.59 bits per heavy atom. The third-order valence-corrected chi connectivity index (χ3v) is 10.4. The summed E-state index contributed by atoms with van der Waals surface area (Å²) in [5, 5.41) is 0. The number of amides is 1. The summed E-state index contributed by atoms with van der Waals surface area (Å²) in [5.41, 5.74) is -0.359. The lowest BCUT2D eigenvalue weighted by Crippen LogP contribution is -2.47. The number of benzene rings is 2. The summed E-state index contributed by atoms with van der Waals surface area (Å²) in [7, 11) is -8.08. The van der Waals surface area contributed by atoms with E-state index in [4.69, 9.17) is 0 Å². The predicted octanol–water partition coefficient (Wildman–Crippen LogP) is 4.69. The van der Waals surface area contributed by atoms with Crippen LogP contribution >= 0.6 is 0 Å². The zero-order valence-electron chi connectivity index (χ0n) is 21.0. The van der Waals surface area contributed by atoms with Crippen molar-refractivity contribution < 1.29 is 53.1 Å². The predicted molar refractivity (Wildman–Crippen MR) is 129 cm³/mol. The number of ether oxygens (including phenoxy) is 2. The Morgan fingerprint density at radius 1 is 0.974 bits per heavy atom. The summed E-state index contributed by atoms with van der Waals surface area (Å²) in [6, 6.07) is 7.01. The maximum atomic E-state index is 13.4. The second-order valence-corrected chi connectivity index (χ2v) is 14.0. The van der Waals surface area contributed by atoms with Crippen LogP contribution in [0.15, 0.2) is 52.3 Å². The molecule has 1 saturated heterocycles. The second kappa shape index (κ2) is 10.9. The van der Waals surface area contributed by atoms with Gasteiger partial charge in [-0.2, -0.15) is 8.78 Å². The summed E-state index contributed by atoms with van der Waals surface area (Å²) < 4.78 is 121. The fourth-order valence-corrected chi connectivity index (χ4v) is 7.16. The highest BCUT2D eigenvalue weighted by Gasteiger charge is 2.45. The highest BCUT2D eigenvalue weighted by atomic mass is 32.2. The van der Waals surface area contributed by atoms with Gasteiger partial charge in [-0.1, -0.05) is 6.07 Å². The van der Waals surface area contributed by atoms with Crippen LogP contribution in [-0.2, 0) is 19.7 Å². The SMILES string of the molecule is CC(C)(C1CCN(C(=O)c2cc(OC(F)F)ccc2S(C)(=O)=O)CC1)S(=O)(=O)c1cccc(OC(F)(F)F)c1. The molecule has 2 aromatic carbocycles. The molecule has 0 aliphatic carbocycles. The van der Waals surface area contributed by atoms with E-state index in [9.17, 15) is 43.6 Å². The van der Waals surface area contributed by atoms with Crippen LogP contribution in [0.4, 0.5) is 22.0 Å². The van der Waals surface area contributed by atoms with Crippen molar-refractivity contribution in [3.05, 3.63) is 48.0 Å². The van der Waals surface area contributed by atoms with Crippen LogP contribution in [0.5, 0.6) is 11.5 Å². The molecule has 0 atom stereocenters. The third kappa shape index (κ3) is 6.99. The molecule has 0 N–H and O–H groups in total. The van der Waals surface area contributed by atoms with Gasteiger partial charge in [-0.3, -0.25) is 4.79 Å². The van der Waals surface area contributed by atoms with E-state index in [0.29, 0.717) is 0 Å². The summed E-state index contributed by atoms with van der Waals surface area (Å²) in [6.07, 6.45) is -3.81. The normalized spacial score (nSPS) is 15.9. The van der Waals surface area contributed by atoms with Crippen molar-refractivity contribution in [2.75, 3.05) is 19.3 Å². The van der Waals surface area contributed by atoms with Crippen LogP contribution in [0.1, 0.15) is 37.0 Å². The largest absolute Gasteiger partial charge is 0.573 e. The average Bonchev–Trinajstić information content (AvgIpc) is 2.81. The van der Waals surface area contributed by atoms with E-state index in [0.717, 1.165) is 42.7 Å². The van der Waals surface area contributed by atoms with Crippen molar-refractivity contribution in [2.24, 2.45) is 5.92 Å². The molecule has 39 heavy (non-hydrogen) atoms. The van der Waals surface area contributed by atoms with Crippen LogP contribution in [0.3, 0.4) is 0 Å². The molecule has 0 aromatic heterocycles. The molecular formula is C24H26F5NO7S2. The highest BCUT2D eigenvalue weighted by molar-refractivity contribution is 7.92. The smallest absolute Gasteiger partial charge is 0.435 e. The van der Waals surface area contributed by atoms with Gasteiger partial charge in [-0.05, 0) is 69.0 Å². The Labute approximate surface area is 222 Å². The van der Waals surface area contributed by atoms with Crippen LogP contribution in [0.25, 0.3) is 0 Å². The number of halogens is 5. The molecule has 1 amide bonds. The molecule has 1 aliphatic heterocycles. The molecule has 3 rings (SSSR count). The molecule has 216 valence electrons. The Hall–Kier alpha value is -2.94. The van der Waals surface area contributed by atoms with Crippen molar-refractivity contribution in [1.82, 2.24) is 4.90 Å². The van der Waals surface area contributed by atoms with Crippen LogP contribution < -0.4 is 9.47 Å². The van der Waals surface area contributed by atoms with E-state index in [1.54, 1.807) is 0 Å². The number of hydrogen-bond acceptors (Lipinski definition) is 7. The van der Waals surface area contributed by atoms with E-state index in [-0.39, 0.29) is 41.3 Å². The summed E-state index contributed by atoms with van der Waals surface area (Å²) in [6.45, 7) is -0.285. The molecule has 1 heterocycles. The van der Waals surface area contributed by atoms with Gasteiger partial charge in [0.2, 0.25) is 0 Å². The first kappa shape index (κ1) is 30.6. The van der Waals surface area contributed by atoms with E-state index in [2.05, 4.69) is 9.47 Å². The van der Waals surface area contributed by atoms with Gasteiger partial charge in [0.25, 0.3) is 5.91 Å². The lowest BCUT2D eigenvalue weighted by atomic mass is 9.85. The molecule has 1 fully saturated rings. The monoisotopic (exact) mass is 599 g/mol. The molecule has 0 saturated carbocycles. The quantitative estimate of drug-likeness (QED) is 0.405. The molecule has 0 radical (unpaired) electrons. The molecule has 1 aliphatic rings. The van der Waals surface area contributed by atoms with Gasteiger partial charge >= 0.3 is 13.0 Å². The Morgan fingerprint density at radius 3 is 2.13 bits per heavy atom. The molecule has 0 spiro atoms. The van der Waals surface area contributed by atoms with E-state index < -0.39 is 60.7 Å². The minimum atomic E-state index is -5.00. The van der Waals surface area contributed by atoms with Gasteiger partial charge in [0.1, 0.15) is 11.5 Å². The average molecular weight is 600 g/mol. The van der Waals surface area contributed by atoms with Crippen molar-refractivity contribution in [3.63, 3.8) is 0 Å². The van der Waals surface area contributed by atoms with Gasteiger partial charge < -0.3 is 14.4 Å². The minimum Gasteiger partial charge on any atom is -0.435 e. The zero-order chi connectivity index (χ0) is 29.4. The Balaban J connectivity index is 1.81. The van der Waals surface area contributed by atoms with Crippen molar-refractivity contribution in [2.45, 2.75) is 54.2 Å². The van der Waals surface area contributed by atoms with Gasteiger partial charge in [0.15, 0.2) is 19.7 Å². The lowest BCUT2D eigenvalue weighted by molar-refractivity contribution is -0.274. The molecular weight excluding hydrogens is 573 g/mol. The first-order chi connectivity index (χ1) is 17.8. The van der Waals surface area contributed by atoms with Crippen molar-refractivity contribution >= 4 is 25.6 Å². The van der Waals surface area contributed by atoms with Crippen molar-refractivity contribution in [1.29, 1.82) is 0 Å². The molecule has 0 bridgehead atoms. The number of alkyl halides is 5. The summed E-state index contributed by atoms with van der Waals surface area (Å²) in [4.78, 5) is 13.8. The number of carbonyl (C=O) groups excluding carboxylic acids is 1. The molecule has 15 heteroatoms. The van der Waals surface area contributed by atoms with Crippen LogP contribution in [0.2, 0.25) is 0 Å². The van der Waals surface area contributed by atoms with Crippen molar-refractivity contribution in [3.8, 4) is 11.5 Å². The first-order valence-electron chi connectivity index (χ1n) is 11.5. The van der Waals surface area contributed by atoms with Gasteiger partial charge in [0, 0.05) is 19.3 Å². The third-order valence-electron chi connectivity index (χ3n) is 6.61. The van der Waals surface area contributed by atoms with E-state index >= 15 is 0 Å². The minimum absolute atomic E-state index is 0.0167. The fourth-order valence-electron chi connectivity index (χ4n) is 4.49. The van der Waals surface area contributed by atoms with Crippen LogP contribution in [-0.4, -0.2) is 64.7 Å². The standard InChI is InChI=1S/C24H26F5NO7S2/c1-23(2,39(34,35)18-6-4-5-17(13-18)37-24(27,28)29)15-9-11-30(12-10-15)21(31)19-14-16(36-22(25)26)7-8-20(19)38(3,32)33/h4-8,13-15,22H,9-12H2,1-3H3. The number of rotatable bonds is 8. The van der Waals surface area contributed by atoms with Gasteiger partial charge in [-0.15, -0.1) is 13.2 Å². The Bertz CT molecular complexity index is 1430. The van der Waals surface area contributed by atoms with Gasteiger partial charge in [-0.25, -0.2) is 16.8 Å². The Kier molecular flexibility index (Phi) is 8.56. The summed E-state index contributed by atoms with van der Waals surface area (Å²) in [5.74, 6) is -2.37. The summed E-state index contributed by atoms with van der Waals surface area (Å²) >= 11 is 0. The lowest BCUT2D eigenvalue weighted by Gasteiger charge is -2.40. The number of carbonyl (C=O) groups is 1. The highest BCUT2D eigenvalue weighted by Crippen LogP contribution is 2.39. The topological polar surface area (TPSA) is 107 Å². The number of sulfone groups is 2. The van der Waals surface area contributed by atoms with Gasteiger partial charge in [0.05, 0.1) is 20.1 Å². The number of hydrogen-bond donors (Lipinski definition) is 0. The maximum absolute atomic E-state index is 13.4. The molecule has 8 nitrogen and oxygen atoms in total. The van der Waals surface area contributed by atoms with Crippen LogP contribution in [0, 0.1) is 5.92 Å². The maximum Gasteiger partial charge on any atom is 0.573 e. The number of likely N-dealkylation sites (tertiary alicyclic amines) is 1. The number of nitrogens with zero attached hydrogens (tertiary/aromatic N) is 1. The van der Waals surface area contributed by atoms with E-state index in [1.165, 1.54) is 24.8 Å². The fraction of sp³-hybridized carbons (Fsp3) is 0.458. The molecule has 0 unspecified atom stereocenters. The van der Waals surface area contributed by atoms with E-state index in [1.807, 2.05) is 0 Å². The zero-order valence-corrected chi connectivity index (χ0v) is 22.7. The number of piperidine rings is 1. The molecule has 2 aromatic rings. The second-order valence-electron chi connectivity index (χ2n) is 9.50.